The number of thiazole rings is 1. The summed E-state index contributed by atoms with van der Waals surface area (Å²) in [5.74, 6) is -1.71. The molecule has 39 heavy (non-hydrogen) atoms. The van der Waals surface area contributed by atoms with Gasteiger partial charge in [0.2, 0.25) is 5.91 Å². The second kappa shape index (κ2) is 10.3. The summed E-state index contributed by atoms with van der Waals surface area (Å²) in [6, 6.07) is 11.7. The molecule has 1 saturated carbocycles. The first-order chi connectivity index (χ1) is 18.5. The number of aliphatic hydroxyl groups excluding tert-OH is 2. The number of phenolic OH excluding ortho intramolecular Hbond substituents is 1. The van der Waals surface area contributed by atoms with Crippen LogP contribution in [0.15, 0.2) is 48.5 Å². The molecule has 2 aliphatic carbocycles. The Morgan fingerprint density at radius 1 is 1.15 bits per heavy atom. The quantitative estimate of drug-likeness (QED) is 0.301. The Morgan fingerprint density at radius 3 is 2.64 bits per heavy atom. The van der Waals surface area contributed by atoms with Gasteiger partial charge in [-0.3, -0.25) is 14.9 Å². The van der Waals surface area contributed by atoms with E-state index >= 15 is 0 Å². The highest BCUT2D eigenvalue weighted by atomic mass is 32.1. The van der Waals surface area contributed by atoms with Crippen LogP contribution in [0.1, 0.15) is 60.0 Å². The minimum Gasteiger partial charge on any atom is -0.508 e. The average molecular weight is 554 g/mol. The Morgan fingerprint density at radius 2 is 1.92 bits per heavy atom. The van der Waals surface area contributed by atoms with Gasteiger partial charge in [0.1, 0.15) is 11.6 Å². The Balaban J connectivity index is 1.49. The smallest absolute Gasteiger partial charge is 0.257 e. The van der Waals surface area contributed by atoms with E-state index in [1.54, 1.807) is 12.1 Å². The molecule has 8 nitrogen and oxygen atoms in total. The number of aromatic hydroxyl groups is 1. The highest BCUT2D eigenvalue weighted by molar-refractivity contribution is 7.15. The van der Waals surface area contributed by atoms with Crippen LogP contribution in [-0.2, 0) is 11.2 Å². The molecule has 0 radical (unpaired) electrons. The van der Waals surface area contributed by atoms with Crippen LogP contribution in [0.3, 0.4) is 0 Å². The van der Waals surface area contributed by atoms with Gasteiger partial charge in [-0.2, -0.15) is 0 Å². The summed E-state index contributed by atoms with van der Waals surface area (Å²) in [5.41, 5.74) is 0.119. The molecule has 0 aliphatic heterocycles. The number of rotatable bonds is 6. The molecule has 0 spiro atoms. The summed E-state index contributed by atoms with van der Waals surface area (Å²) in [6.45, 7) is 3.78. The first-order valence-electron chi connectivity index (χ1n) is 13.0. The lowest BCUT2D eigenvalue weighted by Crippen LogP contribution is -2.57. The number of hydrogen-bond donors (Lipinski definition) is 5. The van der Waals surface area contributed by atoms with E-state index in [1.165, 1.54) is 41.7 Å². The molecular weight excluding hydrogens is 521 g/mol. The Hall–Kier alpha value is -3.34. The van der Waals surface area contributed by atoms with Crippen molar-refractivity contribution in [1.29, 1.82) is 0 Å². The van der Waals surface area contributed by atoms with Crippen molar-refractivity contribution in [1.82, 2.24) is 4.98 Å². The van der Waals surface area contributed by atoms with Crippen LogP contribution in [0.5, 0.6) is 5.75 Å². The molecule has 5 N–H and O–H groups in total. The molecule has 5 atom stereocenters. The second-order valence-electron chi connectivity index (χ2n) is 11.1. The topological polar surface area (TPSA) is 132 Å². The third-order valence-corrected chi connectivity index (χ3v) is 9.73. The van der Waals surface area contributed by atoms with Gasteiger partial charge in [-0.05, 0) is 60.9 Å². The summed E-state index contributed by atoms with van der Waals surface area (Å²) in [7, 11) is 0. The van der Waals surface area contributed by atoms with Gasteiger partial charge in [-0.1, -0.05) is 26.0 Å². The summed E-state index contributed by atoms with van der Waals surface area (Å²) in [4.78, 5) is 31.8. The van der Waals surface area contributed by atoms with Gasteiger partial charge in [0.25, 0.3) is 5.91 Å². The van der Waals surface area contributed by atoms with Crippen molar-refractivity contribution < 1.29 is 29.3 Å². The molecule has 2 aliphatic rings. The van der Waals surface area contributed by atoms with Gasteiger partial charge < -0.3 is 20.6 Å². The Kier molecular flexibility index (Phi) is 7.21. The maximum absolute atomic E-state index is 13.7. The summed E-state index contributed by atoms with van der Waals surface area (Å²) in [6.07, 6.45) is 1.06. The number of benzene rings is 2. The van der Waals surface area contributed by atoms with E-state index in [9.17, 15) is 29.3 Å². The first-order valence-corrected chi connectivity index (χ1v) is 13.8. The zero-order chi connectivity index (χ0) is 27.9. The van der Waals surface area contributed by atoms with Gasteiger partial charge in [0.15, 0.2) is 5.13 Å². The van der Waals surface area contributed by atoms with Crippen molar-refractivity contribution in [2.45, 2.75) is 51.6 Å². The summed E-state index contributed by atoms with van der Waals surface area (Å²) in [5, 5.41) is 37.1. The summed E-state index contributed by atoms with van der Waals surface area (Å²) >= 11 is 1.30. The molecule has 1 aromatic heterocycles. The predicted octanol–water partition coefficient (Wildman–Crippen LogP) is 4.68. The molecule has 5 unspecified atom stereocenters. The molecule has 10 heteroatoms. The van der Waals surface area contributed by atoms with Crippen LogP contribution in [0.2, 0.25) is 0 Å². The zero-order valence-corrected chi connectivity index (χ0v) is 22.6. The standard InChI is InChI=1S/C29H32FN3O5S/c1-28-10-9-23(36)29(2,15-34)22(28)14-21-25(20(28)13-24(37)31-18-7-4-8-19(35)12-18)32-27(39-21)33-26(38)16-5-3-6-17(30)11-16/h3-8,11-12,20,22-23,34-36H,9-10,13-15H2,1-2H3,(H,31,37)(H,32,33,38). The van der Waals surface area contributed by atoms with E-state index in [4.69, 9.17) is 4.98 Å². The van der Waals surface area contributed by atoms with Crippen LogP contribution in [0.4, 0.5) is 15.2 Å². The molecule has 3 aromatic rings. The Bertz CT molecular complexity index is 1410. The number of hydrogen-bond acceptors (Lipinski definition) is 7. The van der Waals surface area contributed by atoms with Crippen molar-refractivity contribution in [3.8, 4) is 5.75 Å². The molecular formula is C29H32FN3O5S. The number of aromatic nitrogens is 1. The van der Waals surface area contributed by atoms with Gasteiger partial charge in [0, 0.05) is 39.9 Å². The molecule has 0 saturated heterocycles. The van der Waals surface area contributed by atoms with Gasteiger partial charge in [-0.25, -0.2) is 9.37 Å². The van der Waals surface area contributed by atoms with Crippen molar-refractivity contribution in [2.24, 2.45) is 16.7 Å². The van der Waals surface area contributed by atoms with Crippen LogP contribution in [-0.4, -0.2) is 44.8 Å². The monoisotopic (exact) mass is 553 g/mol. The number of aliphatic hydroxyl groups is 2. The van der Waals surface area contributed by atoms with Crippen LogP contribution in [0, 0.1) is 22.6 Å². The SMILES string of the molecule is CC1(CO)C(O)CCC2(C)C(CC(=O)Nc3cccc(O)c3)c3nc(NC(=O)c4cccc(F)c4)sc3CC12. The van der Waals surface area contributed by atoms with Crippen LogP contribution < -0.4 is 10.6 Å². The van der Waals surface area contributed by atoms with Crippen molar-refractivity contribution in [3.05, 3.63) is 70.5 Å². The van der Waals surface area contributed by atoms with E-state index in [2.05, 4.69) is 17.6 Å². The Labute approximate surface area is 229 Å². The minimum atomic E-state index is -0.778. The van der Waals surface area contributed by atoms with E-state index in [0.717, 1.165) is 16.6 Å². The molecule has 5 rings (SSSR count). The number of anilines is 2. The number of phenols is 1. The van der Waals surface area contributed by atoms with Crippen molar-refractivity contribution in [3.63, 3.8) is 0 Å². The number of amides is 2. The average Bonchev–Trinajstić information content (AvgIpc) is 3.29. The molecule has 1 heterocycles. The van der Waals surface area contributed by atoms with Crippen molar-refractivity contribution >= 4 is 34.0 Å². The van der Waals surface area contributed by atoms with E-state index in [-0.39, 0.29) is 42.1 Å². The molecule has 2 aromatic carbocycles. The number of halogens is 1. The number of carbonyl (C=O) groups excluding carboxylic acids is 2. The highest BCUT2D eigenvalue weighted by Gasteiger charge is 2.59. The number of fused-ring (bicyclic) bond motifs is 2. The lowest BCUT2D eigenvalue weighted by molar-refractivity contribution is -0.143. The fourth-order valence-electron chi connectivity index (χ4n) is 6.48. The van der Waals surface area contributed by atoms with Crippen LogP contribution >= 0.6 is 11.3 Å². The highest BCUT2D eigenvalue weighted by Crippen LogP contribution is 2.62. The third kappa shape index (κ3) is 5.04. The minimum absolute atomic E-state index is 0.0398. The number of carbonyl (C=O) groups is 2. The lowest BCUT2D eigenvalue weighted by Gasteiger charge is -2.58. The zero-order valence-electron chi connectivity index (χ0n) is 21.8. The van der Waals surface area contributed by atoms with E-state index < -0.39 is 28.7 Å². The van der Waals surface area contributed by atoms with Crippen molar-refractivity contribution in [2.75, 3.05) is 17.2 Å². The largest absolute Gasteiger partial charge is 0.508 e. The predicted molar refractivity (Wildman–Crippen MR) is 146 cm³/mol. The normalized spacial score (nSPS) is 27.8. The fraction of sp³-hybridized carbons (Fsp3) is 0.414. The molecule has 1 fully saturated rings. The molecule has 2 amide bonds. The number of nitrogens with one attached hydrogen (secondary N) is 2. The van der Waals surface area contributed by atoms with Gasteiger partial charge in [-0.15, -0.1) is 11.3 Å². The first kappa shape index (κ1) is 27.2. The molecule has 0 bridgehead atoms. The van der Waals surface area contributed by atoms with Crippen LogP contribution in [0.25, 0.3) is 0 Å². The fourth-order valence-corrected chi connectivity index (χ4v) is 7.54. The maximum Gasteiger partial charge on any atom is 0.257 e. The van der Waals surface area contributed by atoms with Gasteiger partial charge in [0.05, 0.1) is 18.4 Å². The summed E-state index contributed by atoms with van der Waals surface area (Å²) < 4.78 is 13.7. The second-order valence-corrected chi connectivity index (χ2v) is 12.2. The maximum atomic E-state index is 13.7. The van der Waals surface area contributed by atoms with Gasteiger partial charge >= 0.3 is 0 Å². The van der Waals surface area contributed by atoms with E-state index in [0.29, 0.717) is 30.1 Å². The lowest BCUT2D eigenvalue weighted by atomic mass is 9.47. The third-order valence-electron chi connectivity index (χ3n) is 8.72. The van der Waals surface area contributed by atoms with E-state index in [1.807, 2.05) is 6.92 Å². The molecule has 206 valence electrons. The number of nitrogens with zero attached hydrogens (tertiary/aromatic N) is 1.